The van der Waals surface area contributed by atoms with Gasteiger partial charge in [0.1, 0.15) is 11.3 Å². The van der Waals surface area contributed by atoms with Gasteiger partial charge < -0.3 is 9.84 Å². The van der Waals surface area contributed by atoms with E-state index < -0.39 is 46.9 Å². The molecule has 0 aliphatic rings. The van der Waals surface area contributed by atoms with E-state index >= 15 is 0 Å². The molecule has 0 aliphatic carbocycles. The topological polar surface area (TPSA) is 132 Å². The van der Waals surface area contributed by atoms with Crippen LogP contribution in [-0.2, 0) is 24.1 Å². The summed E-state index contributed by atoms with van der Waals surface area (Å²) in [6.45, 7) is 2.32. The molecule has 0 atom stereocenters. The third kappa shape index (κ3) is 6.92. The van der Waals surface area contributed by atoms with Gasteiger partial charge in [-0.05, 0) is 67.9 Å². The Labute approximate surface area is 235 Å². The van der Waals surface area contributed by atoms with Crippen molar-refractivity contribution in [1.29, 1.82) is 0 Å². The highest BCUT2D eigenvalue weighted by Gasteiger charge is 2.35. The molecule has 14 heteroatoms. The van der Waals surface area contributed by atoms with E-state index in [-0.39, 0.29) is 23.6 Å². The van der Waals surface area contributed by atoms with E-state index in [2.05, 4.69) is 15.0 Å². The van der Waals surface area contributed by atoms with Crippen LogP contribution in [0.25, 0.3) is 0 Å². The molecule has 2 N–H and O–H groups in total. The van der Waals surface area contributed by atoms with Crippen molar-refractivity contribution >= 4 is 23.3 Å². The Hall–Kier alpha value is -4.65. The Kier molecular flexibility index (Phi) is 8.19. The molecule has 0 saturated heterocycles. The number of ether oxygens (including phenoxy) is 1. The van der Waals surface area contributed by atoms with Crippen molar-refractivity contribution in [2.24, 2.45) is 10.4 Å². The van der Waals surface area contributed by atoms with Gasteiger partial charge in [0.2, 0.25) is 11.5 Å². The molecule has 214 valence electrons. The molecule has 10 nitrogen and oxygen atoms in total. The lowest BCUT2D eigenvalue weighted by Gasteiger charge is -2.20. The fourth-order valence-electron chi connectivity index (χ4n) is 3.67. The Bertz CT molecular complexity index is 1760. The molecule has 4 rings (SSSR count). The summed E-state index contributed by atoms with van der Waals surface area (Å²) in [6, 6.07) is 14.1. The summed E-state index contributed by atoms with van der Waals surface area (Å²) in [5, 5.41) is 9.97. The number of H-pyrrole nitrogens is 1. The summed E-state index contributed by atoms with van der Waals surface area (Å²) < 4.78 is 47.1. The van der Waals surface area contributed by atoms with Gasteiger partial charge in [0.05, 0.1) is 17.6 Å². The number of aromatic amines is 1. The molecule has 0 bridgehead atoms. The molecule has 2 aromatic carbocycles. The number of pyridine rings is 1. The van der Waals surface area contributed by atoms with E-state index in [1.807, 2.05) is 0 Å². The second-order valence-corrected chi connectivity index (χ2v) is 10.0. The van der Waals surface area contributed by atoms with E-state index in [9.17, 15) is 32.7 Å². The van der Waals surface area contributed by atoms with Gasteiger partial charge in [0, 0.05) is 17.8 Å². The SMILES string of the molecule is CC(C)(Cn1c(=O)[nH]/c(=N\c2ccc(Oc3ncccc3C(F)(F)F)cc2)n(Cc2ccc(Cl)cc2)c1=O)C(=O)O. The summed E-state index contributed by atoms with van der Waals surface area (Å²) in [6.07, 6.45) is -3.49. The van der Waals surface area contributed by atoms with Crippen LogP contribution in [-0.4, -0.2) is 30.2 Å². The standard InChI is InChI=1S/C27H23ClF3N5O5/c1-26(2,22(37)38)15-36-24(39)34-23(35(25(36)40)14-16-5-7-17(28)8-6-16)33-18-9-11-19(12-10-18)41-21-20(27(29,30)31)4-3-13-32-21/h3-13H,14-15H2,1-2H3,(H,37,38)(H,33,34,39). The van der Waals surface area contributed by atoms with Crippen LogP contribution in [0.1, 0.15) is 25.0 Å². The number of alkyl halides is 3. The summed E-state index contributed by atoms with van der Waals surface area (Å²) >= 11 is 5.96. The lowest BCUT2D eigenvalue weighted by molar-refractivity contribution is -0.147. The molecule has 41 heavy (non-hydrogen) atoms. The summed E-state index contributed by atoms with van der Waals surface area (Å²) in [7, 11) is 0. The molecule has 4 aromatic rings. The van der Waals surface area contributed by atoms with Crippen LogP contribution in [0.5, 0.6) is 11.6 Å². The molecule has 0 amide bonds. The van der Waals surface area contributed by atoms with Gasteiger partial charge in [0.15, 0.2) is 0 Å². The Balaban J connectivity index is 1.75. The van der Waals surface area contributed by atoms with Crippen molar-refractivity contribution in [3.05, 3.63) is 110 Å². The van der Waals surface area contributed by atoms with E-state index in [1.165, 1.54) is 44.3 Å². The first-order valence-corrected chi connectivity index (χ1v) is 12.4. The maximum Gasteiger partial charge on any atom is 0.421 e. The molecule has 2 aromatic heterocycles. The fourth-order valence-corrected chi connectivity index (χ4v) is 3.80. The molecule has 0 aliphatic heterocycles. The second-order valence-electron chi connectivity index (χ2n) is 9.59. The van der Waals surface area contributed by atoms with Crippen molar-refractivity contribution < 1.29 is 27.8 Å². The second kappa shape index (κ2) is 11.5. The normalized spacial score (nSPS) is 12.4. The zero-order chi connectivity index (χ0) is 29.9. The number of aliphatic carboxylic acids is 1. The third-order valence-electron chi connectivity index (χ3n) is 5.93. The van der Waals surface area contributed by atoms with Gasteiger partial charge >= 0.3 is 23.5 Å². The number of hydrogen-bond donors (Lipinski definition) is 2. The third-order valence-corrected chi connectivity index (χ3v) is 6.18. The number of nitrogens with one attached hydrogen (secondary N) is 1. The predicted molar refractivity (Wildman–Crippen MR) is 142 cm³/mol. The lowest BCUT2D eigenvalue weighted by Crippen LogP contribution is -2.52. The van der Waals surface area contributed by atoms with Crippen LogP contribution in [0.4, 0.5) is 18.9 Å². The first kappa shape index (κ1) is 29.3. The Morgan fingerprint density at radius 1 is 1.05 bits per heavy atom. The monoisotopic (exact) mass is 589 g/mol. The van der Waals surface area contributed by atoms with Crippen LogP contribution in [0.3, 0.4) is 0 Å². The minimum Gasteiger partial charge on any atom is -0.481 e. The maximum absolute atomic E-state index is 13.5. The number of rotatable bonds is 8. The van der Waals surface area contributed by atoms with Gasteiger partial charge in [-0.2, -0.15) is 13.2 Å². The fraction of sp³-hybridized carbons (Fsp3) is 0.222. The minimum atomic E-state index is -4.66. The Morgan fingerprint density at radius 2 is 1.71 bits per heavy atom. The highest BCUT2D eigenvalue weighted by Crippen LogP contribution is 2.36. The maximum atomic E-state index is 13.5. The van der Waals surface area contributed by atoms with Gasteiger partial charge in [0.25, 0.3) is 0 Å². The summed E-state index contributed by atoms with van der Waals surface area (Å²) in [5.74, 6) is -1.78. The zero-order valence-electron chi connectivity index (χ0n) is 21.6. The number of halogens is 4. The smallest absolute Gasteiger partial charge is 0.421 e. The van der Waals surface area contributed by atoms with Gasteiger partial charge in [-0.1, -0.05) is 23.7 Å². The predicted octanol–water partition coefficient (Wildman–Crippen LogP) is 4.59. The van der Waals surface area contributed by atoms with Crippen LogP contribution in [0.15, 0.2) is 81.4 Å². The first-order valence-electron chi connectivity index (χ1n) is 12.0. The number of hydrogen-bond acceptors (Lipinski definition) is 6. The molecule has 0 saturated carbocycles. The van der Waals surface area contributed by atoms with E-state index in [4.69, 9.17) is 16.3 Å². The van der Waals surface area contributed by atoms with Crippen molar-refractivity contribution in [3.63, 3.8) is 0 Å². The summed E-state index contributed by atoms with van der Waals surface area (Å²) in [5.41, 5.74) is -3.40. The number of benzene rings is 2. The average Bonchev–Trinajstić information content (AvgIpc) is 2.90. The Morgan fingerprint density at radius 3 is 2.32 bits per heavy atom. The number of carbonyl (C=O) groups is 1. The number of carboxylic acid groups (broad SMARTS) is 1. The quantitative estimate of drug-likeness (QED) is 0.309. The molecular weight excluding hydrogens is 567 g/mol. The number of nitrogens with zero attached hydrogens (tertiary/aromatic N) is 4. The number of carboxylic acids is 1. The highest BCUT2D eigenvalue weighted by atomic mass is 35.5. The molecule has 2 heterocycles. The molecule has 0 spiro atoms. The molecule has 0 radical (unpaired) electrons. The van der Waals surface area contributed by atoms with Crippen molar-refractivity contribution in [3.8, 4) is 11.6 Å². The minimum absolute atomic E-state index is 0.0415. The van der Waals surface area contributed by atoms with Crippen LogP contribution >= 0.6 is 11.6 Å². The van der Waals surface area contributed by atoms with Gasteiger partial charge in [-0.3, -0.25) is 14.3 Å². The first-order chi connectivity index (χ1) is 19.2. The molecule has 0 unspecified atom stereocenters. The van der Waals surface area contributed by atoms with Crippen molar-refractivity contribution in [2.75, 3.05) is 0 Å². The van der Waals surface area contributed by atoms with Crippen LogP contribution in [0.2, 0.25) is 5.02 Å². The van der Waals surface area contributed by atoms with Crippen molar-refractivity contribution in [2.45, 2.75) is 33.1 Å². The molecule has 0 fully saturated rings. The highest BCUT2D eigenvalue weighted by molar-refractivity contribution is 6.30. The average molecular weight is 590 g/mol. The van der Waals surface area contributed by atoms with Crippen LogP contribution in [0, 0.1) is 5.41 Å². The van der Waals surface area contributed by atoms with Gasteiger partial charge in [-0.15, -0.1) is 0 Å². The zero-order valence-corrected chi connectivity index (χ0v) is 22.4. The van der Waals surface area contributed by atoms with Crippen molar-refractivity contribution in [1.82, 2.24) is 19.1 Å². The molecular formula is C27H23ClF3N5O5. The van der Waals surface area contributed by atoms with E-state index in [0.29, 0.717) is 10.6 Å². The lowest BCUT2D eigenvalue weighted by atomic mass is 9.94. The summed E-state index contributed by atoms with van der Waals surface area (Å²) in [4.78, 5) is 48.5. The number of aromatic nitrogens is 4. The van der Waals surface area contributed by atoms with Crippen LogP contribution < -0.4 is 21.7 Å². The largest absolute Gasteiger partial charge is 0.481 e. The van der Waals surface area contributed by atoms with Gasteiger partial charge in [-0.25, -0.2) is 24.1 Å². The van der Waals surface area contributed by atoms with E-state index in [1.54, 1.807) is 24.3 Å². The van der Waals surface area contributed by atoms with E-state index in [0.717, 1.165) is 21.3 Å².